The molecule has 1 saturated heterocycles. The number of morpholine rings is 1. The van der Waals surface area contributed by atoms with E-state index >= 15 is 0 Å². The molecule has 0 aliphatic carbocycles. The monoisotopic (exact) mass is 346 g/mol. The zero-order valence-corrected chi connectivity index (χ0v) is 14.4. The van der Waals surface area contributed by atoms with E-state index in [1.807, 2.05) is 12.1 Å². The van der Waals surface area contributed by atoms with Gasteiger partial charge in [0.25, 0.3) is 5.56 Å². The average molecular weight is 346 g/mol. The maximum atomic E-state index is 12.0. The third-order valence-electron chi connectivity index (χ3n) is 4.32. The zero-order chi connectivity index (χ0) is 17.8. The fraction of sp³-hybridized carbons (Fsp3) is 0.500. The second-order valence-corrected chi connectivity index (χ2v) is 6.09. The molecule has 1 aliphatic rings. The van der Waals surface area contributed by atoms with Gasteiger partial charge in [0.2, 0.25) is 0 Å². The molecule has 3 heterocycles. The Morgan fingerprint density at radius 1 is 1.32 bits per heavy atom. The van der Waals surface area contributed by atoms with E-state index in [0.717, 1.165) is 11.1 Å². The molecule has 0 spiro atoms. The van der Waals surface area contributed by atoms with Crippen LogP contribution in [0.25, 0.3) is 0 Å². The summed E-state index contributed by atoms with van der Waals surface area (Å²) in [6.07, 6.45) is 1.62. The summed E-state index contributed by atoms with van der Waals surface area (Å²) in [5.74, 6) is 0.706. The smallest absolute Gasteiger partial charge is 0.330 e. The number of ether oxygens (including phenoxy) is 1. The number of hydrogen-bond donors (Lipinski definition) is 1. The van der Waals surface area contributed by atoms with Crippen molar-refractivity contribution in [1.82, 2.24) is 24.2 Å². The summed E-state index contributed by atoms with van der Waals surface area (Å²) in [6.45, 7) is 3.21. The van der Waals surface area contributed by atoms with Gasteiger partial charge in [0.05, 0.1) is 12.7 Å². The summed E-state index contributed by atoms with van der Waals surface area (Å²) in [6, 6.07) is 5.19. The fourth-order valence-electron chi connectivity index (χ4n) is 2.82. The fourth-order valence-corrected chi connectivity index (χ4v) is 2.82. The van der Waals surface area contributed by atoms with E-state index in [1.165, 1.54) is 17.7 Å². The van der Waals surface area contributed by atoms with Gasteiger partial charge in [-0.3, -0.25) is 18.8 Å². The molecule has 1 fully saturated rings. The zero-order valence-electron chi connectivity index (χ0n) is 14.4. The highest BCUT2D eigenvalue weighted by Gasteiger charge is 2.21. The van der Waals surface area contributed by atoms with Crippen LogP contribution in [0.5, 0.6) is 0 Å². The van der Waals surface area contributed by atoms with Gasteiger partial charge in [0, 0.05) is 58.2 Å². The summed E-state index contributed by atoms with van der Waals surface area (Å²) in [4.78, 5) is 26.1. The predicted octanol–water partition coefficient (Wildman–Crippen LogP) is -0.813. The lowest BCUT2D eigenvalue weighted by Crippen LogP contribution is -2.46. The minimum absolute atomic E-state index is 0.000621. The van der Waals surface area contributed by atoms with Crippen molar-refractivity contribution >= 4 is 5.82 Å². The SMILES string of the molecule is Cn1c(CN2CCO[C@@H](CNc3cccnn3)C2)cc(=O)n(C)c1=O. The standard InChI is InChI=1S/C16H22N6O3/c1-20-12(8-15(23)21(2)16(20)24)10-22-6-7-25-13(11-22)9-17-14-4-3-5-18-19-14/h3-5,8,13H,6-7,9-11H2,1-2H3,(H,17,19)/t13-/m0/s1. The van der Waals surface area contributed by atoms with Gasteiger partial charge in [-0.05, 0) is 12.1 Å². The summed E-state index contributed by atoms with van der Waals surface area (Å²) >= 11 is 0. The highest BCUT2D eigenvalue weighted by Crippen LogP contribution is 2.10. The molecular weight excluding hydrogens is 324 g/mol. The van der Waals surface area contributed by atoms with E-state index < -0.39 is 0 Å². The van der Waals surface area contributed by atoms with Crippen molar-refractivity contribution in [3.05, 3.63) is 50.9 Å². The van der Waals surface area contributed by atoms with Gasteiger partial charge in [0.1, 0.15) is 5.82 Å². The first-order valence-electron chi connectivity index (χ1n) is 8.16. The highest BCUT2D eigenvalue weighted by atomic mass is 16.5. The minimum Gasteiger partial charge on any atom is -0.374 e. The van der Waals surface area contributed by atoms with Crippen molar-refractivity contribution in [3.8, 4) is 0 Å². The molecule has 9 heteroatoms. The van der Waals surface area contributed by atoms with Crippen LogP contribution in [0.1, 0.15) is 5.69 Å². The molecule has 1 aliphatic heterocycles. The van der Waals surface area contributed by atoms with Gasteiger partial charge < -0.3 is 10.1 Å². The number of hydrogen-bond acceptors (Lipinski definition) is 7. The van der Waals surface area contributed by atoms with Crippen LogP contribution in [0.3, 0.4) is 0 Å². The number of nitrogens with zero attached hydrogens (tertiary/aromatic N) is 5. The Balaban J connectivity index is 1.62. The summed E-state index contributed by atoms with van der Waals surface area (Å²) < 4.78 is 8.40. The Hall–Kier alpha value is -2.52. The quantitative estimate of drug-likeness (QED) is 0.756. The van der Waals surface area contributed by atoms with Crippen LogP contribution in [0.4, 0.5) is 5.82 Å². The molecule has 0 unspecified atom stereocenters. The molecule has 0 saturated carbocycles. The Kier molecular flexibility index (Phi) is 5.25. The number of rotatable bonds is 5. The molecule has 1 atom stereocenters. The molecular formula is C16H22N6O3. The van der Waals surface area contributed by atoms with Crippen molar-refractivity contribution < 1.29 is 4.74 Å². The third-order valence-corrected chi connectivity index (χ3v) is 4.32. The van der Waals surface area contributed by atoms with Gasteiger partial charge in [-0.15, -0.1) is 5.10 Å². The predicted molar refractivity (Wildman–Crippen MR) is 92.5 cm³/mol. The van der Waals surface area contributed by atoms with E-state index in [0.29, 0.717) is 37.8 Å². The van der Waals surface area contributed by atoms with E-state index in [-0.39, 0.29) is 17.4 Å². The van der Waals surface area contributed by atoms with Crippen molar-refractivity contribution in [2.75, 3.05) is 31.6 Å². The molecule has 2 aromatic rings. The molecule has 0 bridgehead atoms. The highest BCUT2D eigenvalue weighted by molar-refractivity contribution is 5.31. The lowest BCUT2D eigenvalue weighted by Gasteiger charge is -2.33. The van der Waals surface area contributed by atoms with Gasteiger partial charge in [0.15, 0.2) is 0 Å². The van der Waals surface area contributed by atoms with E-state index in [4.69, 9.17) is 4.74 Å². The average Bonchev–Trinajstić information content (AvgIpc) is 2.64. The molecule has 3 rings (SSSR count). The Bertz CT molecular complexity index is 832. The van der Waals surface area contributed by atoms with Crippen molar-refractivity contribution in [2.45, 2.75) is 12.6 Å². The second-order valence-electron chi connectivity index (χ2n) is 6.09. The largest absolute Gasteiger partial charge is 0.374 e. The lowest BCUT2D eigenvalue weighted by molar-refractivity contribution is -0.0248. The van der Waals surface area contributed by atoms with Crippen LogP contribution in [-0.2, 0) is 25.4 Å². The van der Waals surface area contributed by atoms with Crippen LogP contribution in [0.15, 0.2) is 34.0 Å². The second kappa shape index (κ2) is 7.58. The number of nitrogens with one attached hydrogen (secondary N) is 1. The van der Waals surface area contributed by atoms with Gasteiger partial charge in [-0.2, -0.15) is 5.10 Å². The normalized spacial score (nSPS) is 18.2. The molecule has 9 nitrogen and oxygen atoms in total. The Morgan fingerprint density at radius 3 is 2.92 bits per heavy atom. The number of anilines is 1. The van der Waals surface area contributed by atoms with Crippen LogP contribution in [0, 0.1) is 0 Å². The lowest BCUT2D eigenvalue weighted by atomic mass is 10.2. The first kappa shape index (κ1) is 17.3. The van der Waals surface area contributed by atoms with Crippen molar-refractivity contribution in [3.63, 3.8) is 0 Å². The summed E-state index contributed by atoms with van der Waals surface area (Å²) in [5.41, 5.74) is 0.111. The first-order valence-corrected chi connectivity index (χ1v) is 8.16. The van der Waals surface area contributed by atoms with Crippen LogP contribution in [0.2, 0.25) is 0 Å². The molecule has 0 radical (unpaired) electrons. The van der Waals surface area contributed by atoms with Crippen molar-refractivity contribution in [2.24, 2.45) is 14.1 Å². The third kappa shape index (κ3) is 4.12. The maximum Gasteiger partial charge on any atom is 0.330 e. The summed E-state index contributed by atoms with van der Waals surface area (Å²) in [7, 11) is 3.17. The van der Waals surface area contributed by atoms with Crippen LogP contribution < -0.4 is 16.6 Å². The molecule has 0 amide bonds. The van der Waals surface area contributed by atoms with E-state index in [9.17, 15) is 9.59 Å². The summed E-state index contributed by atoms with van der Waals surface area (Å²) in [5, 5.41) is 11.0. The first-order chi connectivity index (χ1) is 12.0. The van der Waals surface area contributed by atoms with Gasteiger partial charge in [-0.25, -0.2) is 4.79 Å². The molecule has 2 aromatic heterocycles. The van der Waals surface area contributed by atoms with Crippen LogP contribution in [-0.4, -0.2) is 56.6 Å². The molecule has 0 aromatic carbocycles. The van der Waals surface area contributed by atoms with Gasteiger partial charge in [-0.1, -0.05) is 0 Å². The minimum atomic E-state index is -0.309. The van der Waals surface area contributed by atoms with E-state index in [2.05, 4.69) is 20.4 Å². The topological polar surface area (TPSA) is 94.3 Å². The van der Waals surface area contributed by atoms with Gasteiger partial charge >= 0.3 is 5.69 Å². The molecule has 25 heavy (non-hydrogen) atoms. The number of aromatic nitrogens is 4. The van der Waals surface area contributed by atoms with E-state index in [1.54, 1.807) is 13.2 Å². The molecule has 134 valence electrons. The Morgan fingerprint density at radius 2 is 2.16 bits per heavy atom. The Labute approximate surface area is 144 Å². The maximum absolute atomic E-state index is 12.0. The molecule has 1 N–H and O–H groups in total. The van der Waals surface area contributed by atoms with Crippen LogP contribution >= 0.6 is 0 Å². The van der Waals surface area contributed by atoms with Crippen molar-refractivity contribution in [1.29, 1.82) is 0 Å².